The van der Waals surface area contributed by atoms with Gasteiger partial charge < -0.3 is 56.0 Å². The Morgan fingerprint density at radius 2 is 0.400 bits per heavy atom. The van der Waals surface area contributed by atoms with Gasteiger partial charge in [0, 0.05) is 128 Å². The Hall–Kier alpha value is -4.21. The molecule has 0 atom stereocenters. The Balaban J connectivity index is 0.00000133. The number of Topliss-reactive ketones (excluding diaryl/α,β-unsaturated/α-hetero) is 4. The molecule has 20 heteroatoms. The Morgan fingerprint density at radius 3 is 0.592 bits per heavy atom. The third-order valence-electron chi connectivity index (χ3n) is 24.2. The zero-order chi connectivity index (χ0) is 93.1. The molecular formula is C100H195N11O9. The van der Waals surface area contributed by atoms with E-state index in [-0.39, 0.29) is 84.3 Å². The topological polar surface area (TPSA) is 233 Å². The number of amides is 5. The van der Waals surface area contributed by atoms with Gasteiger partial charge in [-0.3, -0.25) is 43.2 Å². The summed E-state index contributed by atoms with van der Waals surface area (Å²) in [4.78, 5) is 120. The van der Waals surface area contributed by atoms with Crippen molar-refractivity contribution in [1.82, 2.24) is 56.0 Å². The van der Waals surface area contributed by atoms with Gasteiger partial charge in [-0.15, -0.1) is 0 Å². The lowest BCUT2D eigenvalue weighted by Crippen LogP contribution is -2.49. The lowest BCUT2D eigenvalue weighted by Gasteiger charge is -2.36. The normalized spacial score (nSPS) is 20.1. The summed E-state index contributed by atoms with van der Waals surface area (Å²) in [5, 5.41) is 15.3. The van der Waals surface area contributed by atoms with Gasteiger partial charge in [0.2, 0.25) is 29.5 Å². The summed E-state index contributed by atoms with van der Waals surface area (Å²) in [7, 11) is 8.50. The van der Waals surface area contributed by atoms with Crippen LogP contribution in [0, 0.1) is 72.4 Å². The van der Waals surface area contributed by atoms with Gasteiger partial charge in [-0.05, 0) is 238 Å². The third-order valence-corrected chi connectivity index (χ3v) is 24.2. The van der Waals surface area contributed by atoms with Crippen LogP contribution in [0.3, 0.4) is 0 Å². The molecule has 0 bridgehead atoms. The van der Waals surface area contributed by atoms with Gasteiger partial charge in [0.05, 0.1) is 0 Å². The quantitative estimate of drug-likeness (QED) is 0.129. The number of likely N-dealkylation sites (tertiary alicyclic amines) is 6. The molecule has 5 amide bonds. The number of ketones is 4. The van der Waals surface area contributed by atoms with Crippen LogP contribution in [0.4, 0.5) is 0 Å². The molecule has 20 nitrogen and oxygen atoms in total. The van der Waals surface area contributed by atoms with E-state index < -0.39 is 0 Å². The predicted molar refractivity (Wildman–Crippen MR) is 505 cm³/mol. The maximum Gasteiger partial charge on any atom is 0.225 e. The van der Waals surface area contributed by atoms with E-state index in [9.17, 15) is 43.2 Å². The van der Waals surface area contributed by atoms with Crippen LogP contribution in [0.2, 0.25) is 0 Å². The molecule has 2 saturated carbocycles. The largest absolute Gasteiger partial charge is 0.353 e. The van der Waals surface area contributed by atoms with E-state index in [0.717, 1.165) is 168 Å². The molecule has 0 spiro atoms. The fourth-order valence-corrected chi connectivity index (χ4v) is 15.2. The minimum atomic E-state index is -0.269. The van der Waals surface area contributed by atoms with E-state index >= 15 is 0 Å². The zero-order valence-corrected chi connectivity index (χ0v) is 85.2. The summed E-state index contributed by atoms with van der Waals surface area (Å²) in [6.07, 6.45) is 25.1. The first-order valence-corrected chi connectivity index (χ1v) is 47.5. The maximum absolute atomic E-state index is 12.1. The first kappa shape index (κ1) is 116. The van der Waals surface area contributed by atoms with Crippen molar-refractivity contribution in [2.24, 2.45) is 72.4 Å². The molecule has 0 unspecified atom stereocenters. The van der Waals surface area contributed by atoms with Gasteiger partial charge in [-0.1, -0.05) is 225 Å². The van der Waals surface area contributed by atoms with Crippen LogP contribution in [-0.2, 0) is 43.2 Å². The second-order valence-corrected chi connectivity index (χ2v) is 47.0. The van der Waals surface area contributed by atoms with Gasteiger partial charge >= 0.3 is 0 Å². The zero-order valence-electron chi connectivity index (χ0n) is 85.2. The molecule has 5 N–H and O–H groups in total. The van der Waals surface area contributed by atoms with Gasteiger partial charge in [0.25, 0.3) is 0 Å². The number of carbonyl (C=O) groups is 9. The smallest absolute Gasteiger partial charge is 0.225 e. The van der Waals surface area contributed by atoms with E-state index in [1.54, 1.807) is 0 Å². The van der Waals surface area contributed by atoms with Crippen molar-refractivity contribution in [3.05, 3.63) is 0 Å². The molecule has 6 saturated heterocycles. The summed E-state index contributed by atoms with van der Waals surface area (Å²) in [5.74, 6) is 3.96. The van der Waals surface area contributed by atoms with Crippen LogP contribution in [0.15, 0.2) is 0 Å². The van der Waals surface area contributed by atoms with Crippen molar-refractivity contribution in [1.29, 1.82) is 0 Å². The average molecular weight is 1700 g/mol. The molecule has 6 aliphatic heterocycles. The van der Waals surface area contributed by atoms with Gasteiger partial charge in [-0.2, -0.15) is 0 Å². The predicted octanol–water partition coefficient (Wildman–Crippen LogP) is 18.3. The standard InChI is InChI=1S/C13H26N2O.C13H25NO.2C11H22N2O.3C11H21NO.C11H20O.C8H17NO/c1-10(2)15-8-6-11(7-9-15)14-12(16)13(3,4)5;1-10(2)14-8-6-11(7-9-14)12(15)13(3,4)5;2*1-11(2,3)10(14)12-9-5-7-13(4)8-6-9;2*1-11(2,3)10(13)9-5-7-12(4)8-6-9;1-11(2,3)10(13)12-9-7-5-4-6-8-9;1-11(2,3)10(12)9-7-5-4-6-8-9;1-6(2)9-7(10)8(3,4)5/h10-11H,6-9H2,1-5H3,(H,14,16);10-11H,6-9H2,1-5H3;2*9H,5-8H2,1-4H3,(H,12,14);2*9H,5-8H2,1-4H3;9H,4-8H2,1-3H3,(H,12,13);9H,4-8H2,1-3H3;6H,1-5H3,(H,9,10). The van der Waals surface area contributed by atoms with E-state index in [0.29, 0.717) is 83.1 Å². The van der Waals surface area contributed by atoms with Crippen molar-refractivity contribution >= 4 is 52.7 Å². The highest BCUT2D eigenvalue weighted by Gasteiger charge is 2.37. The molecule has 2 aliphatic carbocycles. The summed E-state index contributed by atoms with van der Waals surface area (Å²) in [6.45, 7) is 79.5. The minimum Gasteiger partial charge on any atom is -0.353 e. The van der Waals surface area contributed by atoms with E-state index in [1.165, 1.54) is 51.4 Å². The second kappa shape index (κ2) is 53.4. The molecule has 704 valence electrons. The highest BCUT2D eigenvalue weighted by molar-refractivity contribution is 5.88. The fourth-order valence-electron chi connectivity index (χ4n) is 15.2. The van der Waals surface area contributed by atoms with E-state index in [1.807, 2.05) is 201 Å². The molecule has 8 rings (SSSR count). The van der Waals surface area contributed by atoms with Crippen LogP contribution in [0.25, 0.3) is 0 Å². The highest BCUT2D eigenvalue weighted by Crippen LogP contribution is 2.34. The summed E-state index contributed by atoms with van der Waals surface area (Å²) in [6, 6.07) is 3.08. The maximum atomic E-state index is 12.1. The molecule has 0 aromatic heterocycles. The molecule has 0 aromatic carbocycles. The Bertz CT molecular complexity index is 2840. The SMILES string of the molecule is CC(C)(C)C(=O)C1CCCCC1.CC(C)(C)C(=O)NC1CCCCC1.CC(C)N1CCC(C(=O)C(C)(C)C)CC1.CC(C)N1CCC(NC(=O)C(C)(C)C)CC1.CC(C)NC(=O)C(C)(C)C.CN1CCC(C(=O)C(C)(C)C)CC1.CN1CCC(C(=O)C(C)(C)C)CC1.CN1CCC(NC(=O)C(C)(C)C)CC1.CN1CCC(NC(=O)C(C)(C)C)CC1. The summed E-state index contributed by atoms with van der Waals surface area (Å²) in [5.41, 5.74) is -1.88. The minimum absolute atomic E-state index is 0.113. The Morgan fingerprint density at radius 1 is 0.225 bits per heavy atom. The fraction of sp³-hybridized carbons (Fsp3) is 0.910. The Labute approximate surface area is 739 Å². The van der Waals surface area contributed by atoms with Crippen molar-refractivity contribution < 1.29 is 43.2 Å². The highest BCUT2D eigenvalue weighted by atomic mass is 16.2. The van der Waals surface area contributed by atoms with Crippen LogP contribution in [0.1, 0.15) is 370 Å². The molecule has 120 heavy (non-hydrogen) atoms. The number of piperidine rings is 6. The summed E-state index contributed by atoms with van der Waals surface area (Å²) < 4.78 is 0. The van der Waals surface area contributed by atoms with E-state index in [2.05, 4.69) is 112 Å². The molecule has 0 radical (unpaired) electrons. The number of carbonyl (C=O) groups excluding carboxylic acids is 9. The van der Waals surface area contributed by atoms with Crippen molar-refractivity contribution in [2.75, 3.05) is 107 Å². The van der Waals surface area contributed by atoms with Crippen LogP contribution in [0.5, 0.6) is 0 Å². The number of nitrogens with zero attached hydrogens (tertiary/aromatic N) is 6. The summed E-state index contributed by atoms with van der Waals surface area (Å²) >= 11 is 0. The average Bonchev–Trinajstić information content (AvgIpc) is 0.820. The molecule has 8 fully saturated rings. The van der Waals surface area contributed by atoms with Crippen molar-refractivity contribution in [2.45, 2.75) is 412 Å². The molecule has 6 heterocycles. The van der Waals surface area contributed by atoms with Crippen molar-refractivity contribution in [3.8, 4) is 0 Å². The number of hydrogen-bond acceptors (Lipinski definition) is 15. The number of hydrogen-bond donors (Lipinski definition) is 5. The Kier molecular flexibility index (Phi) is 51.6. The monoisotopic (exact) mass is 1690 g/mol. The van der Waals surface area contributed by atoms with E-state index in [4.69, 9.17) is 0 Å². The first-order chi connectivity index (χ1) is 54.6. The lowest BCUT2D eigenvalue weighted by molar-refractivity contribution is -0.132. The first-order valence-electron chi connectivity index (χ1n) is 47.5. The second-order valence-electron chi connectivity index (χ2n) is 47.0. The van der Waals surface area contributed by atoms with Crippen LogP contribution >= 0.6 is 0 Å². The molecule has 0 aromatic rings. The van der Waals surface area contributed by atoms with Gasteiger partial charge in [0.15, 0.2) is 0 Å². The van der Waals surface area contributed by atoms with Crippen LogP contribution in [-0.4, -0.2) is 231 Å². The number of rotatable bonds is 11. The van der Waals surface area contributed by atoms with Crippen molar-refractivity contribution in [3.63, 3.8) is 0 Å². The molecular weight excluding hydrogens is 1500 g/mol. The van der Waals surface area contributed by atoms with Gasteiger partial charge in [0.1, 0.15) is 23.1 Å². The van der Waals surface area contributed by atoms with Crippen LogP contribution < -0.4 is 26.6 Å². The third kappa shape index (κ3) is 50.2. The number of nitrogens with one attached hydrogen (secondary N) is 5. The van der Waals surface area contributed by atoms with Gasteiger partial charge in [-0.25, -0.2) is 0 Å². The lowest BCUT2D eigenvalue weighted by atomic mass is 9.76. The molecule has 8 aliphatic rings.